The molecule has 18 heavy (non-hydrogen) atoms. The predicted molar refractivity (Wildman–Crippen MR) is 73.4 cm³/mol. The van der Waals surface area contributed by atoms with E-state index in [1.165, 1.54) is 4.88 Å². The minimum atomic E-state index is -0.356. The number of hydrogen-bond acceptors (Lipinski definition) is 2. The van der Waals surface area contributed by atoms with Crippen LogP contribution in [-0.2, 0) is 10.2 Å². The van der Waals surface area contributed by atoms with E-state index in [0.29, 0.717) is 10.9 Å². The molecule has 2 aliphatic rings. The first kappa shape index (κ1) is 10.6. The SMILES string of the molecule is O=C1Nc2ccc(Cl)cc2C12CC2c1cccs1. The quantitative estimate of drug-likeness (QED) is 0.843. The highest BCUT2D eigenvalue weighted by molar-refractivity contribution is 7.10. The van der Waals surface area contributed by atoms with E-state index < -0.39 is 0 Å². The number of thiophene rings is 1. The molecular weight excluding hydrogens is 266 g/mol. The van der Waals surface area contributed by atoms with Gasteiger partial charge >= 0.3 is 0 Å². The summed E-state index contributed by atoms with van der Waals surface area (Å²) in [5, 5.41) is 5.73. The van der Waals surface area contributed by atoms with Crippen molar-refractivity contribution in [2.45, 2.75) is 17.8 Å². The zero-order valence-corrected chi connectivity index (χ0v) is 11.0. The maximum atomic E-state index is 12.3. The fourth-order valence-electron chi connectivity index (χ4n) is 3.00. The van der Waals surface area contributed by atoms with Gasteiger partial charge in [0.1, 0.15) is 0 Å². The summed E-state index contributed by atoms with van der Waals surface area (Å²) in [6.07, 6.45) is 0.896. The molecule has 1 amide bonds. The van der Waals surface area contributed by atoms with E-state index in [-0.39, 0.29) is 11.3 Å². The van der Waals surface area contributed by atoms with Gasteiger partial charge in [-0.3, -0.25) is 4.79 Å². The van der Waals surface area contributed by atoms with Crippen molar-refractivity contribution in [2.24, 2.45) is 0 Å². The molecular formula is C14H10ClNOS. The Morgan fingerprint density at radius 1 is 1.39 bits per heavy atom. The third-order valence-corrected chi connectivity index (χ3v) is 5.18. The molecule has 1 spiro atoms. The highest BCUT2D eigenvalue weighted by Crippen LogP contribution is 2.65. The van der Waals surface area contributed by atoms with Gasteiger partial charge in [-0.1, -0.05) is 17.7 Å². The van der Waals surface area contributed by atoms with Crippen LogP contribution in [-0.4, -0.2) is 5.91 Å². The second-order valence-corrected chi connectivity index (χ2v) is 6.30. The summed E-state index contributed by atoms with van der Waals surface area (Å²) in [5.41, 5.74) is 1.63. The van der Waals surface area contributed by atoms with Gasteiger partial charge in [-0.05, 0) is 41.6 Å². The van der Waals surface area contributed by atoms with Crippen LogP contribution in [0.3, 0.4) is 0 Å². The average molecular weight is 276 g/mol. The summed E-state index contributed by atoms with van der Waals surface area (Å²) in [6.45, 7) is 0. The molecule has 2 heterocycles. The highest BCUT2D eigenvalue weighted by Gasteiger charge is 2.65. The summed E-state index contributed by atoms with van der Waals surface area (Å²) in [6, 6.07) is 9.80. The Morgan fingerprint density at radius 2 is 2.28 bits per heavy atom. The Hall–Kier alpha value is -1.32. The van der Waals surface area contributed by atoms with Crippen LogP contribution in [0.5, 0.6) is 0 Å². The van der Waals surface area contributed by atoms with Crippen molar-refractivity contribution in [3.63, 3.8) is 0 Å². The third-order valence-electron chi connectivity index (χ3n) is 3.96. The van der Waals surface area contributed by atoms with Crippen LogP contribution in [0, 0.1) is 0 Å². The number of amides is 1. The standard InChI is InChI=1S/C14H10ClNOS/c15-8-3-4-11-9(6-8)14(13(17)16-11)7-10(14)12-2-1-5-18-12/h1-6,10H,7H2,(H,16,17). The zero-order valence-electron chi connectivity index (χ0n) is 9.44. The van der Waals surface area contributed by atoms with Crippen LogP contribution in [0.15, 0.2) is 35.7 Å². The van der Waals surface area contributed by atoms with Gasteiger partial charge < -0.3 is 5.32 Å². The molecule has 1 saturated carbocycles. The fraction of sp³-hybridized carbons (Fsp3) is 0.214. The molecule has 2 nitrogen and oxygen atoms in total. The van der Waals surface area contributed by atoms with Crippen LogP contribution in [0.1, 0.15) is 22.8 Å². The third kappa shape index (κ3) is 1.21. The lowest BCUT2D eigenvalue weighted by molar-refractivity contribution is -0.118. The van der Waals surface area contributed by atoms with E-state index in [4.69, 9.17) is 11.6 Å². The molecule has 0 radical (unpaired) electrons. The summed E-state index contributed by atoms with van der Waals surface area (Å²) in [7, 11) is 0. The van der Waals surface area contributed by atoms with Gasteiger partial charge in [0.15, 0.2) is 0 Å². The van der Waals surface area contributed by atoms with Gasteiger partial charge in [-0.25, -0.2) is 0 Å². The Morgan fingerprint density at radius 3 is 3.06 bits per heavy atom. The molecule has 2 atom stereocenters. The topological polar surface area (TPSA) is 29.1 Å². The minimum absolute atomic E-state index is 0.123. The van der Waals surface area contributed by atoms with Gasteiger partial charge in [-0.2, -0.15) is 0 Å². The minimum Gasteiger partial charge on any atom is -0.325 e. The van der Waals surface area contributed by atoms with Gasteiger partial charge in [-0.15, -0.1) is 11.3 Å². The van der Waals surface area contributed by atoms with Crippen molar-refractivity contribution in [1.29, 1.82) is 0 Å². The van der Waals surface area contributed by atoms with E-state index in [0.717, 1.165) is 17.7 Å². The summed E-state index contributed by atoms with van der Waals surface area (Å²) in [4.78, 5) is 13.6. The normalized spacial score (nSPS) is 28.3. The Kier molecular flexibility index (Phi) is 1.98. The van der Waals surface area contributed by atoms with Gasteiger partial charge in [0.2, 0.25) is 5.91 Å². The van der Waals surface area contributed by atoms with Crippen LogP contribution >= 0.6 is 22.9 Å². The number of benzene rings is 1. The molecule has 1 N–H and O–H groups in total. The lowest BCUT2D eigenvalue weighted by atomic mass is 9.94. The number of rotatable bonds is 1. The second kappa shape index (κ2) is 3.37. The van der Waals surface area contributed by atoms with Crippen LogP contribution in [0.4, 0.5) is 5.69 Å². The highest BCUT2D eigenvalue weighted by atomic mass is 35.5. The van der Waals surface area contributed by atoms with Crippen LogP contribution in [0.25, 0.3) is 0 Å². The molecule has 4 heteroatoms. The van der Waals surface area contributed by atoms with E-state index in [2.05, 4.69) is 16.8 Å². The lowest BCUT2D eigenvalue weighted by Crippen LogP contribution is -2.20. The molecule has 1 fully saturated rings. The average Bonchev–Trinajstić information content (AvgIpc) is 2.76. The van der Waals surface area contributed by atoms with Gasteiger partial charge in [0.25, 0.3) is 0 Å². The Labute approximate surface area is 114 Å². The van der Waals surface area contributed by atoms with Crippen LogP contribution in [0.2, 0.25) is 5.02 Å². The fourth-order valence-corrected chi connectivity index (χ4v) is 4.09. The van der Waals surface area contributed by atoms with Crippen molar-refractivity contribution < 1.29 is 4.79 Å². The number of anilines is 1. The van der Waals surface area contributed by atoms with E-state index in [9.17, 15) is 4.79 Å². The van der Waals surface area contributed by atoms with Crippen LogP contribution < -0.4 is 5.32 Å². The molecule has 4 rings (SSSR count). The van der Waals surface area contributed by atoms with Crippen molar-refractivity contribution >= 4 is 34.5 Å². The molecule has 90 valence electrons. The Bertz CT molecular complexity index is 652. The number of hydrogen-bond donors (Lipinski definition) is 1. The molecule has 2 unspecified atom stereocenters. The molecule has 0 saturated heterocycles. The molecule has 0 bridgehead atoms. The van der Waals surface area contributed by atoms with E-state index >= 15 is 0 Å². The Balaban J connectivity index is 1.85. The molecule has 2 aromatic rings. The monoisotopic (exact) mass is 275 g/mol. The van der Waals surface area contributed by atoms with Crippen molar-refractivity contribution in [1.82, 2.24) is 0 Å². The number of carbonyl (C=O) groups is 1. The number of fused-ring (bicyclic) bond motifs is 2. The first-order valence-electron chi connectivity index (χ1n) is 5.87. The predicted octanol–water partition coefficient (Wildman–Crippen LogP) is 3.78. The maximum absolute atomic E-state index is 12.3. The lowest BCUT2D eigenvalue weighted by Gasteiger charge is -2.07. The summed E-state index contributed by atoms with van der Waals surface area (Å²) in [5.74, 6) is 0.440. The first-order valence-corrected chi connectivity index (χ1v) is 7.12. The van der Waals surface area contributed by atoms with Crippen molar-refractivity contribution in [2.75, 3.05) is 5.32 Å². The molecule has 1 aliphatic carbocycles. The summed E-state index contributed by atoms with van der Waals surface area (Å²) < 4.78 is 0. The first-order chi connectivity index (χ1) is 8.72. The van der Waals surface area contributed by atoms with E-state index in [1.54, 1.807) is 11.3 Å². The number of carbonyl (C=O) groups excluding carboxylic acids is 1. The number of halogens is 1. The van der Waals surface area contributed by atoms with Crippen molar-refractivity contribution in [3.05, 3.63) is 51.2 Å². The molecule has 1 aromatic carbocycles. The van der Waals surface area contributed by atoms with Crippen molar-refractivity contribution in [3.8, 4) is 0 Å². The number of nitrogens with one attached hydrogen (secondary N) is 1. The molecule has 1 aromatic heterocycles. The second-order valence-electron chi connectivity index (χ2n) is 4.89. The molecule has 1 aliphatic heterocycles. The van der Waals surface area contributed by atoms with Gasteiger partial charge in [0.05, 0.1) is 5.41 Å². The maximum Gasteiger partial charge on any atom is 0.235 e. The largest absolute Gasteiger partial charge is 0.325 e. The zero-order chi connectivity index (χ0) is 12.3. The van der Waals surface area contributed by atoms with Gasteiger partial charge in [0, 0.05) is 21.5 Å². The summed E-state index contributed by atoms with van der Waals surface area (Å²) >= 11 is 7.78. The smallest absolute Gasteiger partial charge is 0.235 e. The van der Waals surface area contributed by atoms with E-state index in [1.807, 2.05) is 24.3 Å².